The number of alkyl carbamates (subject to hydrolysis) is 1. The van der Waals surface area contributed by atoms with Gasteiger partial charge in [-0.2, -0.15) is 0 Å². The predicted molar refractivity (Wildman–Crippen MR) is 163 cm³/mol. The Balaban J connectivity index is 1.34. The van der Waals surface area contributed by atoms with Crippen LogP contribution in [0.25, 0.3) is 11.1 Å². The summed E-state index contributed by atoms with van der Waals surface area (Å²) in [6.07, 6.45) is 3.16. The summed E-state index contributed by atoms with van der Waals surface area (Å²) in [5.41, 5.74) is 5.23. The SMILES string of the molecule is C/C=C\C[C@H](NC(=O)[C@H](C)NC(=O)OCC1c2ccccc2-c2ccccc21)C(=O)N[C@@H](Cc1ccccc1)C(=O)OC. The molecule has 0 heterocycles. The number of hydrogen-bond donors (Lipinski definition) is 3. The summed E-state index contributed by atoms with van der Waals surface area (Å²) < 4.78 is 10.4. The summed E-state index contributed by atoms with van der Waals surface area (Å²) in [5.74, 6) is -1.84. The van der Waals surface area contributed by atoms with E-state index in [1.807, 2.05) is 66.7 Å². The standard InChI is InChI=1S/C34H37N3O6/c1-4-5-19-29(32(39)37-30(33(40)42-3)20-23-13-7-6-8-14-23)36-31(38)22(2)35-34(41)43-21-28-26-17-11-9-15-24(26)25-16-10-12-18-27(25)28/h4-18,22,28-30H,19-21H2,1-3H3,(H,35,41)(H,36,38)(H,37,39)/b5-4-/t22-,29-,30-/m0/s1. The molecule has 1 aliphatic rings. The van der Waals surface area contributed by atoms with Crippen LogP contribution in [0.4, 0.5) is 4.79 Å². The molecule has 0 aromatic heterocycles. The molecule has 224 valence electrons. The van der Waals surface area contributed by atoms with Crippen LogP contribution >= 0.6 is 0 Å². The number of nitrogens with one attached hydrogen (secondary N) is 3. The molecule has 9 nitrogen and oxygen atoms in total. The van der Waals surface area contributed by atoms with Crippen LogP contribution < -0.4 is 16.0 Å². The van der Waals surface area contributed by atoms with Crippen LogP contribution in [0.2, 0.25) is 0 Å². The monoisotopic (exact) mass is 583 g/mol. The van der Waals surface area contributed by atoms with E-state index in [1.54, 1.807) is 19.1 Å². The number of rotatable bonds is 12. The van der Waals surface area contributed by atoms with Gasteiger partial charge in [-0.1, -0.05) is 91.0 Å². The second-order valence-corrected chi connectivity index (χ2v) is 10.3. The molecule has 1 aliphatic carbocycles. The molecular formula is C34H37N3O6. The van der Waals surface area contributed by atoms with Gasteiger partial charge in [0, 0.05) is 12.3 Å². The third kappa shape index (κ3) is 7.88. The highest BCUT2D eigenvalue weighted by atomic mass is 16.5. The van der Waals surface area contributed by atoms with Crippen molar-refractivity contribution in [2.75, 3.05) is 13.7 Å². The van der Waals surface area contributed by atoms with Gasteiger partial charge in [-0.25, -0.2) is 9.59 Å². The van der Waals surface area contributed by atoms with E-state index >= 15 is 0 Å². The number of benzene rings is 3. The Kier molecular flexibility index (Phi) is 10.7. The molecule has 3 atom stereocenters. The Hall–Kier alpha value is -4.92. The summed E-state index contributed by atoms with van der Waals surface area (Å²) in [5, 5.41) is 7.94. The highest BCUT2D eigenvalue weighted by Gasteiger charge is 2.31. The molecule has 4 rings (SSSR count). The van der Waals surface area contributed by atoms with E-state index in [0.29, 0.717) is 0 Å². The van der Waals surface area contributed by atoms with Gasteiger partial charge in [-0.15, -0.1) is 0 Å². The third-order valence-corrected chi connectivity index (χ3v) is 7.40. The van der Waals surface area contributed by atoms with Gasteiger partial charge >= 0.3 is 12.1 Å². The Morgan fingerprint density at radius 2 is 1.37 bits per heavy atom. The Labute approximate surface area is 251 Å². The van der Waals surface area contributed by atoms with Gasteiger partial charge < -0.3 is 25.4 Å². The van der Waals surface area contributed by atoms with Crippen molar-refractivity contribution in [3.05, 3.63) is 108 Å². The van der Waals surface area contributed by atoms with Crippen LogP contribution in [0, 0.1) is 0 Å². The number of esters is 1. The lowest BCUT2D eigenvalue weighted by molar-refractivity contribution is -0.145. The lowest BCUT2D eigenvalue weighted by atomic mass is 9.98. The summed E-state index contributed by atoms with van der Waals surface area (Å²) in [4.78, 5) is 51.4. The lowest BCUT2D eigenvalue weighted by Gasteiger charge is -2.23. The predicted octanol–water partition coefficient (Wildman–Crippen LogP) is 4.27. The zero-order chi connectivity index (χ0) is 30.8. The van der Waals surface area contributed by atoms with Gasteiger partial charge in [0.25, 0.3) is 0 Å². The molecule has 0 unspecified atom stereocenters. The minimum atomic E-state index is -0.989. The van der Waals surface area contributed by atoms with E-state index in [9.17, 15) is 19.2 Å². The lowest BCUT2D eigenvalue weighted by Crippen LogP contribution is -2.55. The first-order valence-corrected chi connectivity index (χ1v) is 14.3. The number of hydrogen-bond acceptors (Lipinski definition) is 6. The molecule has 0 saturated heterocycles. The fourth-order valence-electron chi connectivity index (χ4n) is 5.14. The zero-order valence-corrected chi connectivity index (χ0v) is 24.5. The van der Waals surface area contributed by atoms with Crippen molar-refractivity contribution in [3.63, 3.8) is 0 Å². The van der Waals surface area contributed by atoms with Gasteiger partial charge in [0.1, 0.15) is 24.7 Å². The van der Waals surface area contributed by atoms with Crippen LogP contribution in [-0.2, 0) is 30.3 Å². The van der Waals surface area contributed by atoms with Crippen LogP contribution in [-0.4, -0.2) is 55.7 Å². The maximum atomic E-state index is 13.2. The van der Waals surface area contributed by atoms with E-state index in [0.717, 1.165) is 27.8 Å². The molecule has 0 aliphatic heterocycles. The molecule has 9 heteroatoms. The summed E-state index contributed by atoms with van der Waals surface area (Å²) >= 11 is 0. The molecule has 3 N–H and O–H groups in total. The van der Waals surface area contributed by atoms with E-state index in [2.05, 4.69) is 28.1 Å². The highest BCUT2D eigenvalue weighted by molar-refractivity contribution is 5.93. The first kappa shape index (κ1) is 31.0. The smallest absolute Gasteiger partial charge is 0.407 e. The minimum absolute atomic E-state index is 0.108. The van der Waals surface area contributed by atoms with Crippen molar-refractivity contribution in [1.82, 2.24) is 16.0 Å². The topological polar surface area (TPSA) is 123 Å². The number of methoxy groups -OCH3 is 1. The number of ether oxygens (including phenoxy) is 2. The average molecular weight is 584 g/mol. The largest absolute Gasteiger partial charge is 0.467 e. The Morgan fingerprint density at radius 3 is 1.98 bits per heavy atom. The summed E-state index contributed by atoms with van der Waals surface area (Å²) in [7, 11) is 1.25. The molecule has 3 amide bonds. The Morgan fingerprint density at radius 1 is 0.791 bits per heavy atom. The van der Waals surface area contributed by atoms with E-state index in [4.69, 9.17) is 9.47 Å². The normalized spacial score (nSPS) is 14.1. The van der Waals surface area contributed by atoms with Crippen LogP contribution in [0.15, 0.2) is 91.0 Å². The van der Waals surface area contributed by atoms with Crippen molar-refractivity contribution < 1.29 is 28.7 Å². The van der Waals surface area contributed by atoms with Crippen molar-refractivity contribution >= 4 is 23.9 Å². The molecule has 0 spiro atoms. The van der Waals surface area contributed by atoms with Gasteiger partial charge in [-0.05, 0) is 48.1 Å². The van der Waals surface area contributed by atoms with Crippen LogP contribution in [0.3, 0.4) is 0 Å². The minimum Gasteiger partial charge on any atom is -0.467 e. The second kappa shape index (κ2) is 14.8. The fourth-order valence-corrected chi connectivity index (χ4v) is 5.14. The quantitative estimate of drug-likeness (QED) is 0.216. The summed E-state index contributed by atoms with van der Waals surface area (Å²) in [6.45, 7) is 3.41. The van der Waals surface area contributed by atoms with Gasteiger partial charge in [-0.3, -0.25) is 9.59 Å². The molecule has 3 aromatic carbocycles. The first-order chi connectivity index (χ1) is 20.8. The van der Waals surface area contributed by atoms with E-state index < -0.39 is 42.0 Å². The van der Waals surface area contributed by atoms with E-state index in [-0.39, 0.29) is 25.4 Å². The second-order valence-electron chi connectivity index (χ2n) is 10.3. The zero-order valence-electron chi connectivity index (χ0n) is 24.5. The maximum Gasteiger partial charge on any atom is 0.407 e. The number of carbonyl (C=O) groups excluding carboxylic acids is 4. The molecule has 3 aromatic rings. The summed E-state index contributed by atoms with van der Waals surface area (Å²) in [6, 6.07) is 22.3. The van der Waals surface area contributed by atoms with Gasteiger partial charge in [0.05, 0.1) is 7.11 Å². The number of amides is 3. The molecule has 0 saturated carbocycles. The third-order valence-electron chi connectivity index (χ3n) is 7.40. The molecule has 0 radical (unpaired) electrons. The first-order valence-electron chi connectivity index (χ1n) is 14.3. The van der Waals surface area contributed by atoms with Crippen LogP contribution in [0.1, 0.15) is 42.9 Å². The molecule has 0 bridgehead atoms. The average Bonchev–Trinajstić information content (AvgIpc) is 3.35. The van der Waals surface area contributed by atoms with Gasteiger partial charge in [0.15, 0.2) is 0 Å². The fraction of sp³-hybridized carbons (Fsp3) is 0.294. The van der Waals surface area contributed by atoms with E-state index in [1.165, 1.54) is 14.0 Å². The van der Waals surface area contributed by atoms with Crippen molar-refractivity contribution in [2.45, 2.75) is 50.7 Å². The van der Waals surface area contributed by atoms with Crippen molar-refractivity contribution in [3.8, 4) is 11.1 Å². The van der Waals surface area contributed by atoms with Crippen molar-refractivity contribution in [2.24, 2.45) is 0 Å². The van der Waals surface area contributed by atoms with Gasteiger partial charge in [0.2, 0.25) is 11.8 Å². The maximum absolute atomic E-state index is 13.2. The Bertz CT molecular complexity index is 1430. The number of carbonyl (C=O) groups is 4. The number of fused-ring (bicyclic) bond motifs is 3. The van der Waals surface area contributed by atoms with Crippen LogP contribution in [0.5, 0.6) is 0 Å². The molecule has 43 heavy (non-hydrogen) atoms. The number of allylic oxidation sites excluding steroid dienone is 1. The molecular weight excluding hydrogens is 546 g/mol. The molecule has 0 fully saturated rings. The van der Waals surface area contributed by atoms with Crippen molar-refractivity contribution in [1.29, 1.82) is 0 Å². The highest BCUT2D eigenvalue weighted by Crippen LogP contribution is 2.44.